The van der Waals surface area contributed by atoms with E-state index in [0.29, 0.717) is 5.92 Å². The van der Waals surface area contributed by atoms with Crippen molar-refractivity contribution in [2.45, 2.75) is 19.3 Å². The highest BCUT2D eigenvalue weighted by Crippen LogP contribution is 2.48. The lowest BCUT2D eigenvalue weighted by Gasteiger charge is -2.05. The van der Waals surface area contributed by atoms with Crippen LogP contribution in [0, 0.1) is 12.8 Å². The SMILES string of the molecule is Cc1cc(NC(=O)[C@H]2C[C@H]2c2cccc(Br)c2)n(C)n1. The molecule has 2 atom stereocenters. The topological polar surface area (TPSA) is 46.9 Å². The summed E-state index contributed by atoms with van der Waals surface area (Å²) < 4.78 is 2.76. The van der Waals surface area contributed by atoms with Crippen LogP contribution in [-0.4, -0.2) is 15.7 Å². The molecule has 0 unspecified atom stereocenters. The molecule has 1 aliphatic carbocycles. The third-order valence-electron chi connectivity index (χ3n) is 3.66. The molecule has 5 heteroatoms. The maximum absolute atomic E-state index is 12.2. The van der Waals surface area contributed by atoms with Gasteiger partial charge in [0.1, 0.15) is 5.82 Å². The van der Waals surface area contributed by atoms with E-state index in [-0.39, 0.29) is 11.8 Å². The van der Waals surface area contributed by atoms with Crippen molar-refractivity contribution >= 4 is 27.7 Å². The molecule has 0 spiro atoms. The molecule has 1 aromatic heterocycles. The van der Waals surface area contributed by atoms with Crippen molar-refractivity contribution in [2.24, 2.45) is 13.0 Å². The van der Waals surface area contributed by atoms with Gasteiger partial charge in [0.2, 0.25) is 5.91 Å². The Morgan fingerprint density at radius 3 is 2.90 bits per heavy atom. The number of aryl methyl sites for hydroxylation is 2. The number of anilines is 1. The lowest BCUT2D eigenvalue weighted by molar-refractivity contribution is -0.117. The highest BCUT2D eigenvalue weighted by molar-refractivity contribution is 9.10. The third-order valence-corrected chi connectivity index (χ3v) is 4.15. The van der Waals surface area contributed by atoms with Crippen LogP contribution in [0.2, 0.25) is 0 Å². The maximum atomic E-state index is 12.2. The van der Waals surface area contributed by atoms with E-state index in [0.717, 1.165) is 22.4 Å². The van der Waals surface area contributed by atoms with Crippen molar-refractivity contribution in [1.29, 1.82) is 0 Å². The van der Waals surface area contributed by atoms with Crippen molar-refractivity contribution < 1.29 is 4.79 Å². The number of carbonyl (C=O) groups excluding carboxylic acids is 1. The minimum atomic E-state index is 0.0690. The second-order valence-electron chi connectivity index (χ2n) is 5.29. The Balaban J connectivity index is 1.67. The van der Waals surface area contributed by atoms with E-state index in [1.807, 2.05) is 32.2 Å². The number of halogens is 1. The molecule has 0 saturated heterocycles. The number of benzene rings is 1. The number of rotatable bonds is 3. The molecule has 1 aliphatic rings. The first-order valence-electron chi connectivity index (χ1n) is 6.61. The molecule has 1 saturated carbocycles. The molecule has 0 aliphatic heterocycles. The monoisotopic (exact) mass is 333 g/mol. The van der Waals surface area contributed by atoms with Gasteiger partial charge in [-0.05, 0) is 37.0 Å². The minimum Gasteiger partial charge on any atom is -0.311 e. The minimum absolute atomic E-state index is 0.0690. The van der Waals surface area contributed by atoms with Crippen LogP contribution in [-0.2, 0) is 11.8 Å². The van der Waals surface area contributed by atoms with Crippen LogP contribution in [0.1, 0.15) is 23.6 Å². The summed E-state index contributed by atoms with van der Waals surface area (Å²) in [5.74, 6) is 1.24. The largest absolute Gasteiger partial charge is 0.311 e. The Kier molecular flexibility index (Phi) is 3.38. The third kappa shape index (κ3) is 2.63. The second kappa shape index (κ2) is 5.05. The van der Waals surface area contributed by atoms with Gasteiger partial charge in [-0.2, -0.15) is 5.10 Å². The van der Waals surface area contributed by atoms with Crippen LogP contribution >= 0.6 is 15.9 Å². The van der Waals surface area contributed by atoms with Crippen molar-refractivity contribution in [1.82, 2.24) is 9.78 Å². The van der Waals surface area contributed by atoms with Gasteiger partial charge in [0.25, 0.3) is 0 Å². The van der Waals surface area contributed by atoms with Gasteiger partial charge in [-0.3, -0.25) is 9.48 Å². The maximum Gasteiger partial charge on any atom is 0.229 e. The molecule has 1 aromatic carbocycles. The predicted octanol–water partition coefficient (Wildman–Crippen LogP) is 3.23. The van der Waals surface area contributed by atoms with E-state index >= 15 is 0 Å². The summed E-state index contributed by atoms with van der Waals surface area (Å²) in [5.41, 5.74) is 2.13. The first kappa shape index (κ1) is 13.4. The molecule has 1 fully saturated rings. The summed E-state index contributed by atoms with van der Waals surface area (Å²) in [5, 5.41) is 7.19. The van der Waals surface area contributed by atoms with Gasteiger partial charge in [-0.15, -0.1) is 0 Å². The molecule has 0 radical (unpaired) electrons. The van der Waals surface area contributed by atoms with Crippen molar-refractivity contribution in [2.75, 3.05) is 5.32 Å². The van der Waals surface area contributed by atoms with E-state index in [2.05, 4.69) is 38.5 Å². The normalized spacial score (nSPS) is 20.8. The first-order valence-corrected chi connectivity index (χ1v) is 7.41. The molecule has 20 heavy (non-hydrogen) atoms. The number of aromatic nitrogens is 2. The van der Waals surface area contributed by atoms with E-state index in [1.54, 1.807) is 4.68 Å². The molecular formula is C15H16BrN3O. The zero-order chi connectivity index (χ0) is 14.3. The Labute approximate surface area is 126 Å². The average molecular weight is 334 g/mol. The predicted molar refractivity (Wildman–Crippen MR) is 81.6 cm³/mol. The van der Waals surface area contributed by atoms with Crippen LogP contribution in [0.25, 0.3) is 0 Å². The molecule has 1 N–H and O–H groups in total. The van der Waals surface area contributed by atoms with Crippen LogP contribution in [0.4, 0.5) is 5.82 Å². The van der Waals surface area contributed by atoms with Gasteiger partial charge in [-0.25, -0.2) is 0 Å². The molecule has 2 aromatic rings. The van der Waals surface area contributed by atoms with Gasteiger partial charge < -0.3 is 5.32 Å². The smallest absolute Gasteiger partial charge is 0.229 e. The Bertz CT molecular complexity index is 665. The zero-order valence-corrected chi connectivity index (χ0v) is 13.0. The zero-order valence-electron chi connectivity index (χ0n) is 11.4. The lowest BCUT2D eigenvalue weighted by atomic mass is 10.1. The van der Waals surface area contributed by atoms with Gasteiger partial charge >= 0.3 is 0 Å². The molecular weight excluding hydrogens is 318 g/mol. The summed E-state index contributed by atoms with van der Waals surface area (Å²) in [6.07, 6.45) is 0.916. The fourth-order valence-electron chi connectivity index (χ4n) is 2.54. The lowest BCUT2D eigenvalue weighted by Crippen LogP contribution is -2.16. The van der Waals surface area contributed by atoms with Gasteiger partial charge in [0, 0.05) is 23.5 Å². The standard InChI is InChI=1S/C15H16BrN3O/c1-9-6-14(19(2)18-9)17-15(20)13-8-12(13)10-4-3-5-11(16)7-10/h3-7,12-13H,8H2,1-2H3,(H,17,20)/t12-,13-/m0/s1. The van der Waals surface area contributed by atoms with Crippen molar-refractivity contribution in [3.05, 3.63) is 46.1 Å². The van der Waals surface area contributed by atoms with Gasteiger partial charge in [0.15, 0.2) is 0 Å². The van der Waals surface area contributed by atoms with E-state index < -0.39 is 0 Å². The van der Waals surface area contributed by atoms with Crippen molar-refractivity contribution in [3.8, 4) is 0 Å². The highest BCUT2D eigenvalue weighted by atomic mass is 79.9. The first-order chi connectivity index (χ1) is 9.54. The molecule has 104 valence electrons. The Morgan fingerprint density at radius 1 is 1.45 bits per heavy atom. The molecule has 0 bridgehead atoms. The van der Waals surface area contributed by atoms with Crippen LogP contribution in [0.3, 0.4) is 0 Å². The van der Waals surface area contributed by atoms with Crippen LogP contribution in [0.5, 0.6) is 0 Å². The second-order valence-corrected chi connectivity index (χ2v) is 6.20. The number of hydrogen-bond donors (Lipinski definition) is 1. The van der Waals surface area contributed by atoms with Gasteiger partial charge in [-0.1, -0.05) is 28.1 Å². The summed E-state index contributed by atoms with van der Waals surface area (Å²) in [4.78, 5) is 12.2. The fraction of sp³-hybridized carbons (Fsp3) is 0.333. The number of carbonyl (C=O) groups is 1. The number of nitrogens with zero attached hydrogens (tertiary/aromatic N) is 2. The highest BCUT2D eigenvalue weighted by Gasteiger charge is 2.44. The molecule has 1 heterocycles. The number of nitrogens with one attached hydrogen (secondary N) is 1. The van der Waals surface area contributed by atoms with E-state index in [4.69, 9.17) is 0 Å². The van der Waals surface area contributed by atoms with Crippen molar-refractivity contribution in [3.63, 3.8) is 0 Å². The molecule has 3 rings (SSSR count). The average Bonchev–Trinajstić information content (AvgIpc) is 3.12. The molecule has 1 amide bonds. The Morgan fingerprint density at radius 2 is 2.25 bits per heavy atom. The Hall–Kier alpha value is -1.62. The van der Waals surface area contributed by atoms with Gasteiger partial charge in [0.05, 0.1) is 5.69 Å². The number of hydrogen-bond acceptors (Lipinski definition) is 2. The van der Waals surface area contributed by atoms with E-state index in [1.165, 1.54) is 5.56 Å². The summed E-state index contributed by atoms with van der Waals surface area (Å²) >= 11 is 3.47. The fourth-order valence-corrected chi connectivity index (χ4v) is 2.95. The van der Waals surface area contributed by atoms with Crippen LogP contribution in [0.15, 0.2) is 34.8 Å². The quantitative estimate of drug-likeness (QED) is 0.937. The van der Waals surface area contributed by atoms with E-state index in [9.17, 15) is 4.79 Å². The number of amides is 1. The summed E-state index contributed by atoms with van der Waals surface area (Å²) in [6.45, 7) is 1.91. The summed E-state index contributed by atoms with van der Waals surface area (Å²) in [6, 6.07) is 10.1. The summed E-state index contributed by atoms with van der Waals surface area (Å²) in [7, 11) is 1.83. The molecule has 4 nitrogen and oxygen atoms in total. The van der Waals surface area contributed by atoms with Crippen LogP contribution < -0.4 is 5.32 Å².